The van der Waals surface area contributed by atoms with Crippen LogP contribution < -0.4 is 0 Å². The van der Waals surface area contributed by atoms with E-state index in [-0.39, 0.29) is 5.41 Å². The Morgan fingerprint density at radius 1 is 1.07 bits per heavy atom. The van der Waals surface area contributed by atoms with Gasteiger partial charge in [-0.15, -0.1) is 0 Å². The van der Waals surface area contributed by atoms with Crippen LogP contribution in [0.2, 0.25) is 0 Å². The average Bonchev–Trinajstić information content (AvgIpc) is 2.68. The van der Waals surface area contributed by atoms with Gasteiger partial charge in [-0.2, -0.15) is 0 Å². The quantitative estimate of drug-likeness (QED) is 0.415. The number of rotatable bonds is 8. The third-order valence-corrected chi connectivity index (χ3v) is 5.98. The van der Waals surface area contributed by atoms with Gasteiger partial charge in [-0.1, -0.05) is 107 Å². The van der Waals surface area contributed by atoms with Gasteiger partial charge in [0, 0.05) is 18.8 Å². The van der Waals surface area contributed by atoms with Crippen molar-refractivity contribution < 1.29 is 0 Å². The molecule has 1 saturated heterocycles. The lowest BCUT2D eigenvalue weighted by Gasteiger charge is -2.43. The molecule has 0 amide bonds. The van der Waals surface area contributed by atoms with E-state index in [4.69, 9.17) is 0 Å². The highest BCUT2D eigenvalue weighted by molar-refractivity contribution is 5.66. The van der Waals surface area contributed by atoms with E-state index in [2.05, 4.69) is 106 Å². The van der Waals surface area contributed by atoms with Crippen LogP contribution in [0, 0.1) is 5.92 Å². The molecule has 1 nitrogen and oxygen atoms in total. The molecule has 158 valence electrons. The van der Waals surface area contributed by atoms with Crippen molar-refractivity contribution in [1.82, 2.24) is 4.90 Å². The van der Waals surface area contributed by atoms with Crippen molar-refractivity contribution in [2.24, 2.45) is 5.92 Å². The van der Waals surface area contributed by atoms with E-state index in [0.29, 0.717) is 5.92 Å². The second kappa shape index (κ2) is 9.51. The first-order valence-electron chi connectivity index (χ1n) is 11.3. The van der Waals surface area contributed by atoms with Crippen LogP contribution in [0.3, 0.4) is 0 Å². The van der Waals surface area contributed by atoms with Gasteiger partial charge >= 0.3 is 0 Å². The predicted octanol–water partition coefficient (Wildman–Crippen LogP) is 7.50. The topological polar surface area (TPSA) is 3.24 Å². The van der Waals surface area contributed by atoms with Crippen LogP contribution in [0.5, 0.6) is 0 Å². The van der Waals surface area contributed by atoms with Gasteiger partial charge in [-0.05, 0) is 52.5 Å². The van der Waals surface area contributed by atoms with E-state index in [1.54, 1.807) is 0 Å². The molecule has 0 bridgehead atoms. The molecule has 30 heavy (non-hydrogen) atoms. The SMILES string of the molecule is C=C(/C=C/c1cccc(C(=C)N2CC(Cc3ccccc3C(C)(C)C)C2)c1)CCC. The van der Waals surface area contributed by atoms with Crippen LogP contribution in [0.15, 0.2) is 73.3 Å². The third kappa shape index (κ3) is 5.53. The van der Waals surface area contributed by atoms with Gasteiger partial charge in [0.2, 0.25) is 0 Å². The first-order chi connectivity index (χ1) is 14.3. The zero-order valence-corrected chi connectivity index (χ0v) is 19.2. The Balaban J connectivity index is 1.60. The second-order valence-electron chi connectivity index (χ2n) is 9.70. The van der Waals surface area contributed by atoms with Gasteiger partial charge in [0.05, 0.1) is 0 Å². The molecule has 3 rings (SSSR count). The Bertz CT molecular complexity index is 919. The summed E-state index contributed by atoms with van der Waals surface area (Å²) in [6.07, 6.45) is 7.64. The summed E-state index contributed by atoms with van der Waals surface area (Å²) in [5.74, 6) is 0.700. The highest BCUT2D eigenvalue weighted by atomic mass is 15.2. The van der Waals surface area contributed by atoms with Crippen molar-refractivity contribution in [1.29, 1.82) is 0 Å². The van der Waals surface area contributed by atoms with E-state index in [1.165, 1.54) is 27.8 Å². The van der Waals surface area contributed by atoms with Crippen LogP contribution in [0.25, 0.3) is 11.8 Å². The van der Waals surface area contributed by atoms with E-state index >= 15 is 0 Å². The molecule has 0 radical (unpaired) electrons. The van der Waals surface area contributed by atoms with Crippen LogP contribution in [-0.4, -0.2) is 18.0 Å². The summed E-state index contributed by atoms with van der Waals surface area (Å²) in [5.41, 5.74) is 7.92. The molecule has 2 aromatic rings. The zero-order chi connectivity index (χ0) is 21.7. The fourth-order valence-electron chi connectivity index (χ4n) is 4.28. The summed E-state index contributed by atoms with van der Waals surface area (Å²) in [6.45, 7) is 19.8. The lowest BCUT2D eigenvalue weighted by atomic mass is 9.80. The van der Waals surface area contributed by atoms with Gasteiger partial charge in [-0.3, -0.25) is 0 Å². The minimum atomic E-state index is 0.194. The molecule has 0 spiro atoms. The summed E-state index contributed by atoms with van der Waals surface area (Å²) in [6, 6.07) is 17.6. The number of nitrogens with zero attached hydrogens (tertiary/aromatic N) is 1. The van der Waals surface area contributed by atoms with Crippen molar-refractivity contribution in [2.45, 2.75) is 52.4 Å². The number of hydrogen-bond donors (Lipinski definition) is 0. The van der Waals surface area contributed by atoms with Crippen molar-refractivity contribution in [3.8, 4) is 0 Å². The molecule has 2 aromatic carbocycles. The van der Waals surface area contributed by atoms with Gasteiger partial charge in [0.1, 0.15) is 0 Å². The van der Waals surface area contributed by atoms with Crippen molar-refractivity contribution in [3.05, 3.63) is 95.6 Å². The molecule has 1 fully saturated rings. The fourth-order valence-corrected chi connectivity index (χ4v) is 4.28. The highest BCUT2D eigenvalue weighted by Crippen LogP contribution is 2.32. The van der Waals surface area contributed by atoms with Gasteiger partial charge < -0.3 is 4.90 Å². The molecular weight excluding hydrogens is 362 g/mol. The summed E-state index contributed by atoms with van der Waals surface area (Å²) in [4.78, 5) is 2.42. The first kappa shape index (κ1) is 22.2. The second-order valence-corrected chi connectivity index (χ2v) is 9.70. The smallest absolute Gasteiger partial charge is 0.0367 e. The maximum absolute atomic E-state index is 4.40. The van der Waals surface area contributed by atoms with Crippen molar-refractivity contribution in [3.63, 3.8) is 0 Å². The van der Waals surface area contributed by atoms with Gasteiger partial charge in [0.15, 0.2) is 0 Å². The molecule has 0 saturated carbocycles. The number of benzene rings is 2. The zero-order valence-electron chi connectivity index (χ0n) is 19.2. The highest BCUT2D eigenvalue weighted by Gasteiger charge is 2.29. The van der Waals surface area contributed by atoms with Crippen LogP contribution in [0.1, 0.15) is 62.8 Å². The minimum absolute atomic E-state index is 0.194. The maximum Gasteiger partial charge on any atom is 0.0367 e. The molecule has 1 heterocycles. The molecule has 1 aliphatic rings. The third-order valence-electron chi connectivity index (χ3n) is 5.98. The monoisotopic (exact) mass is 399 g/mol. The summed E-state index contributed by atoms with van der Waals surface area (Å²) >= 11 is 0. The molecule has 1 aliphatic heterocycles. The minimum Gasteiger partial charge on any atom is -0.371 e. The predicted molar refractivity (Wildman–Crippen MR) is 132 cm³/mol. The number of allylic oxidation sites excluding steroid dienone is 2. The standard InChI is InChI=1S/C29H37N/c1-7-11-22(2)16-17-24-12-10-14-26(18-24)23(3)30-20-25(21-30)19-27-13-8-9-15-28(27)29(4,5)6/h8-10,12-18,25H,2-3,7,11,19-21H2,1,4-6H3/b17-16+. The van der Waals surface area contributed by atoms with E-state index < -0.39 is 0 Å². The Kier molecular flexibility index (Phi) is 7.02. The van der Waals surface area contributed by atoms with Crippen molar-refractivity contribution in [2.75, 3.05) is 13.1 Å². The Morgan fingerprint density at radius 3 is 2.50 bits per heavy atom. The average molecular weight is 400 g/mol. The van der Waals surface area contributed by atoms with Crippen LogP contribution in [0.4, 0.5) is 0 Å². The van der Waals surface area contributed by atoms with Gasteiger partial charge in [-0.25, -0.2) is 0 Å². The molecule has 0 aromatic heterocycles. The molecule has 0 unspecified atom stereocenters. The van der Waals surface area contributed by atoms with Crippen molar-refractivity contribution >= 4 is 11.8 Å². The largest absolute Gasteiger partial charge is 0.371 e. The summed E-state index contributed by atoms with van der Waals surface area (Å²) in [7, 11) is 0. The van der Waals surface area contributed by atoms with Gasteiger partial charge in [0.25, 0.3) is 0 Å². The fraction of sp³-hybridized carbons (Fsp3) is 0.379. The van der Waals surface area contributed by atoms with Crippen LogP contribution in [-0.2, 0) is 11.8 Å². The molecular formula is C29H37N. The van der Waals surface area contributed by atoms with E-state index in [1.807, 2.05) is 0 Å². The Labute approximate surface area is 183 Å². The van der Waals surface area contributed by atoms with Crippen LogP contribution >= 0.6 is 0 Å². The molecule has 1 heteroatoms. The van der Waals surface area contributed by atoms with E-state index in [0.717, 1.165) is 38.0 Å². The normalized spacial score (nSPS) is 14.7. The Morgan fingerprint density at radius 2 is 1.80 bits per heavy atom. The summed E-state index contributed by atoms with van der Waals surface area (Å²) in [5, 5.41) is 0. The number of likely N-dealkylation sites (tertiary alicyclic amines) is 1. The molecule has 0 N–H and O–H groups in total. The lowest BCUT2D eigenvalue weighted by molar-refractivity contribution is 0.174. The molecule has 0 aliphatic carbocycles. The first-order valence-corrected chi connectivity index (χ1v) is 11.3. The summed E-state index contributed by atoms with van der Waals surface area (Å²) < 4.78 is 0. The number of hydrogen-bond acceptors (Lipinski definition) is 1. The lowest BCUT2D eigenvalue weighted by Crippen LogP contribution is -2.46. The Hall–Kier alpha value is -2.54. The maximum atomic E-state index is 4.40. The molecule has 0 atom stereocenters. The van der Waals surface area contributed by atoms with E-state index in [9.17, 15) is 0 Å².